The van der Waals surface area contributed by atoms with Gasteiger partial charge in [0.05, 0.1) is 0 Å². The first kappa shape index (κ1) is 16.0. The van der Waals surface area contributed by atoms with Crippen LogP contribution in [0.3, 0.4) is 0 Å². The third kappa shape index (κ3) is 6.60. The van der Waals surface area contributed by atoms with Crippen molar-refractivity contribution in [2.24, 2.45) is 0 Å². The van der Waals surface area contributed by atoms with Gasteiger partial charge < -0.3 is 15.2 Å². The second kappa shape index (κ2) is 9.82. The lowest BCUT2D eigenvalue weighted by atomic mass is 10.1. The molecule has 0 bridgehead atoms. The van der Waals surface area contributed by atoms with E-state index in [-0.39, 0.29) is 12.6 Å². The Balaban J connectivity index is 2.39. The van der Waals surface area contributed by atoms with Gasteiger partial charge in [-0.05, 0) is 43.5 Å². The van der Waals surface area contributed by atoms with Crippen molar-refractivity contribution in [1.82, 2.24) is 5.32 Å². The molecule has 2 N–H and O–H groups in total. The van der Waals surface area contributed by atoms with Gasteiger partial charge in [-0.1, -0.05) is 32.4 Å². The number of ether oxygens (including phenoxy) is 1. The van der Waals surface area contributed by atoms with E-state index >= 15 is 0 Å². The summed E-state index contributed by atoms with van der Waals surface area (Å²) in [6.07, 6.45) is 4.33. The average Bonchev–Trinajstić information content (AvgIpc) is 2.44. The second-order valence-corrected chi connectivity index (χ2v) is 4.83. The molecular weight excluding hydrogens is 238 g/mol. The van der Waals surface area contributed by atoms with Gasteiger partial charge in [0.15, 0.2) is 0 Å². The Morgan fingerprint density at radius 1 is 1.21 bits per heavy atom. The molecule has 0 aliphatic carbocycles. The van der Waals surface area contributed by atoms with Gasteiger partial charge in [0.1, 0.15) is 12.4 Å². The molecule has 0 saturated heterocycles. The summed E-state index contributed by atoms with van der Waals surface area (Å²) < 4.78 is 5.76. The predicted octanol–water partition coefficient (Wildman–Crippen LogP) is 2.77. The third-order valence-electron chi connectivity index (χ3n) is 3.16. The topological polar surface area (TPSA) is 41.5 Å². The van der Waals surface area contributed by atoms with E-state index in [1.54, 1.807) is 0 Å². The number of nitrogens with one attached hydrogen (secondary N) is 1. The maximum absolute atomic E-state index is 8.98. The van der Waals surface area contributed by atoms with Crippen LogP contribution in [-0.2, 0) is 6.42 Å². The Morgan fingerprint density at radius 3 is 2.53 bits per heavy atom. The number of hydrogen-bond donors (Lipinski definition) is 2. The van der Waals surface area contributed by atoms with Crippen LogP contribution in [0.4, 0.5) is 0 Å². The minimum Gasteiger partial charge on any atom is -0.492 e. The summed E-state index contributed by atoms with van der Waals surface area (Å²) in [6.45, 7) is 5.95. The minimum absolute atomic E-state index is 0.191. The maximum atomic E-state index is 8.98. The monoisotopic (exact) mass is 265 g/mol. The van der Waals surface area contributed by atoms with Crippen LogP contribution in [0.25, 0.3) is 0 Å². The second-order valence-electron chi connectivity index (χ2n) is 4.83. The Morgan fingerprint density at radius 2 is 1.95 bits per heavy atom. The van der Waals surface area contributed by atoms with Crippen molar-refractivity contribution in [3.63, 3.8) is 0 Å². The van der Waals surface area contributed by atoms with Crippen LogP contribution in [0, 0.1) is 0 Å². The average molecular weight is 265 g/mol. The van der Waals surface area contributed by atoms with Crippen molar-refractivity contribution < 1.29 is 9.84 Å². The first-order valence-electron chi connectivity index (χ1n) is 7.36. The lowest BCUT2D eigenvalue weighted by Crippen LogP contribution is -2.35. The summed E-state index contributed by atoms with van der Waals surface area (Å²) in [5.74, 6) is 0.904. The molecule has 1 unspecified atom stereocenters. The van der Waals surface area contributed by atoms with E-state index in [0.717, 1.165) is 25.1 Å². The molecule has 1 atom stereocenters. The van der Waals surface area contributed by atoms with Gasteiger partial charge in [0, 0.05) is 12.6 Å². The lowest BCUT2D eigenvalue weighted by Gasteiger charge is -2.17. The molecule has 3 nitrogen and oxygen atoms in total. The van der Waals surface area contributed by atoms with Gasteiger partial charge in [-0.2, -0.15) is 0 Å². The van der Waals surface area contributed by atoms with Crippen LogP contribution >= 0.6 is 0 Å². The lowest BCUT2D eigenvalue weighted by molar-refractivity contribution is 0.215. The summed E-state index contributed by atoms with van der Waals surface area (Å²) in [7, 11) is 0. The molecule has 0 aromatic heterocycles. The SMILES string of the molecule is CCCCc1ccc(OCC(CCO)NCC)cc1. The summed E-state index contributed by atoms with van der Waals surface area (Å²) in [4.78, 5) is 0. The van der Waals surface area contributed by atoms with Crippen LogP contribution in [0.15, 0.2) is 24.3 Å². The first-order valence-corrected chi connectivity index (χ1v) is 7.36. The number of hydrogen-bond acceptors (Lipinski definition) is 3. The van der Waals surface area contributed by atoms with Crippen molar-refractivity contribution in [3.8, 4) is 5.75 Å². The van der Waals surface area contributed by atoms with Gasteiger partial charge in [-0.3, -0.25) is 0 Å². The molecule has 19 heavy (non-hydrogen) atoms. The summed E-state index contributed by atoms with van der Waals surface area (Å²) in [6, 6.07) is 8.56. The van der Waals surface area contributed by atoms with Crippen molar-refractivity contribution in [3.05, 3.63) is 29.8 Å². The van der Waals surface area contributed by atoms with Crippen molar-refractivity contribution in [2.45, 2.75) is 45.6 Å². The highest BCUT2D eigenvalue weighted by atomic mass is 16.5. The maximum Gasteiger partial charge on any atom is 0.119 e. The molecule has 1 aromatic carbocycles. The molecule has 0 amide bonds. The van der Waals surface area contributed by atoms with Gasteiger partial charge in [-0.15, -0.1) is 0 Å². The minimum atomic E-state index is 0.191. The van der Waals surface area contributed by atoms with E-state index in [1.807, 2.05) is 12.1 Å². The van der Waals surface area contributed by atoms with E-state index in [4.69, 9.17) is 9.84 Å². The highest BCUT2D eigenvalue weighted by Crippen LogP contribution is 2.14. The molecule has 0 heterocycles. The third-order valence-corrected chi connectivity index (χ3v) is 3.16. The van der Waals surface area contributed by atoms with Gasteiger partial charge in [0.2, 0.25) is 0 Å². The zero-order valence-corrected chi connectivity index (χ0v) is 12.2. The van der Waals surface area contributed by atoms with Crippen molar-refractivity contribution >= 4 is 0 Å². The number of rotatable bonds is 10. The molecule has 3 heteroatoms. The number of aliphatic hydroxyl groups is 1. The Hall–Kier alpha value is -1.06. The van der Waals surface area contributed by atoms with Crippen molar-refractivity contribution in [1.29, 1.82) is 0 Å². The summed E-state index contributed by atoms with van der Waals surface area (Å²) >= 11 is 0. The fourth-order valence-electron chi connectivity index (χ4n) is 2.02. The fraction of sp³-hybridized carbons (Fsp3) is 0.625. The molecule has 108 valence electrons. The molecule has 0 aliphatic heterocycles. The summed E-state index contributed by atoms with van der Waals surface area (Å²) in [5, 5.41) is 12.3. The normalized spacial score (nSPS) is 12.4. The largest absolute Gasteiger partial charge is 0.492 e. The van der Waals surface area contributed by atoms with Gasteiger partial charge in [-0.25, -0.2) is 0 Å². The Labute approximate surface area is 117 Å². The van der Waals surface area contributed by atoms with Crippen LogP contribution in [0.5, 0.6) is 5.75 Å². The molecule has 1 aromatic rings. The van der Waals surface area contributed by atoms with Crippen molar-refractivity contribution in [2.75, 3.05) is 19.8 Å². The van der Waals surface area contributed by atoms with Gasteiger partial charge >= 0.3 is 0 Å². The molecule has 1 rings (SSSR count). The molecule has 0 saturated carbocycles. The molecule has 0 spiro atoms. The number of unbranched alkanes of at least 4 members (excludes halogenated alkanes) is 1. The molecule has 0 aliphatic rings. The number of aryl methyl sites for hydroxylation is 1. The fourth-order valence-corrected chi connectivity index (χ4v) is 2.02. The van der Waals surface area contributed by atoms with E-state index in [2.05, 4.69) is 31.3 Å². The first-order chi connectivity index (χ1) is 9.30. The summed E-state index contributed by atoms with van der Waals surface area (Å²) in [5.41, 5.74) is 1.37. The molecular formula is C16H27NO2. The molecule has 0 fully saturated rings. The molecule has 0 radical (unpaired) electrons. The van der Waals surface area contributed by atoms with Gasteiger partial charge in [0.25, 0.3) is 0 Å². The van der Waals surface area contributed by atoms with Crippen LogP contribution in [0.1, 0.15) is 38.7 Å². The number of aliphatic hydroxyl groups excluding tert-OH is 1. The zero-order chi connectivity index (χ0) is 13.9. The van der Waals surface area contributed by atoms with Crippen LogP contribution in [0.2, 0.25) is 0 Å². The van der Waals surface area contributed by atoms with E-state index < -0.39 is 0 Å². The predicted molar refractivity (Wildman–Crippen MR) is 79.7 cm³/mol. The van der Waals surface area contributed by atoms with E-state index in [0.29, 0.717) is 6.61 Å². The van der Waals surface area contributed by atoms with Crippen LogP contribution < -0.4 is 10.1 Å². The Kier molecular flexibility index (Phi) is 8.26. The quantitative estimate of drug-likeness (QED) is 0.683. The number of benzene rings is 1. The Bertz CT molecular complexity index is 318. The van der Waals surface area contributed by atoms with E-state index in [9.17, 15) is 0 Å². The van der Waals surface area contributed by atoms with E-state index in [1.165, 1.54) is 18.4 Å². The number of likely N-dealkylation sites (N-methyl/N-ethyl adjacent to an activating group) is 1. The highest BCUT2D eigenvalue weighted by Gasteiger charge is 2.07. The standard InChI is InChI=1S/C16H27NO2/c1-3-5-6-14-7-9-16(10-8-14)19-13-15(11-12-18)17-4-2/h7-10,15,17-18H,3-6,11-13H2,1-2H3. The zero-order valence-electron chi connectivity index (χ0n) is 12.2. The smallest absolute Gasteiger partial charge is 0.119 e. The van der Waals surface area contributed by atoms with Crippen LogP contribution in [-0.4, -0.2) is 30.9 Å². The highest BCUT2D eigenvalue weighted by molar-refractivity contribution is 5.27.